The van der Waals surface area contributed by atoms with Crippen LogP contribution in [0.3, 0.4) is 0 Å². The predicted octanol–water partition coefficient (Wildman–Crippen LogP) is 3.07. The molecule has 2 rings (SSSR count). The molecule has 1 aromatic rings. The number of hydrogen-bond acceptors (Lipinski definition) is 3. The van der Waals surface area contributed by atoms with E-state index in [4.69, 9.17) is 5.73 Å². The number of hydrogen-bond donors (Lipinski definition) is 2. The third-order valence-electron chi connectivity index (χ3n) is 3.88. The Bertz CT molecular complexity index is 428. The van der Waals surface area contributed by atoms with E-state index in [2.05, 4.69) is 17.0 Å². The smallest absolute Gasteiger partial charge is 0.387 e. The molecule has 20 heavy (non-hydrogen) atoms. The first-order valence-corrected chi connectivity index (χ1v) is 7.10. The van der Waals surface area contributed by atoms with Crippen molar-refractivity contribution in [2.24, 2.45) is 11.7 Å². The highest BCUT2D eigenvalue weighted by Crippen LogP contribution is 2.30. The Labute approximate surface area is 118 Å². The second-order valence-corrected chi connectivity index (χ2v) is 5.49. The number of halogens is 2. The molecule has 0 bridgehead atoms. The molecular weight excluding hydrogens is 262 g/mol. The molecule has 0 spiro atoms. The Hall–Kier alpha value is -1.20. The number of ether oxygens (including phenoxy) is 1. The second-order valence-electron chi connectivity index (χ2n) is 5.49. The molecule has 1 saturated carbocycles. The first-order valence-electron chi connectivity index (χ1n) is 7.10. The van der Waals surface area contributed by atoms with Crippen LogP contribution in [0, 0.1) is 5.92 Å². The molecule has 0 saturated heterocycles. The Morgan fingerprint density at radius 1 is 1.35 bits per heavy atom. The average molecular weight is 284 g/mol. The summed E-state index contributed by atoms with van der Waals surface area (Å²) in [6.07, 6.45) is 3.41. The number of benzene rings is 1. The fourth-order valence-corrected chi connectivity index (χ4v) is 2.90. The molecule has 3 N–H and O–H groups in total. The summed E-state index contributed by atoms with van der Waals surface area (Å²) in [5.74, 6) is 0.912. The van der Waals surface area contributed by atoms with Crippen LogP contribution in [0.4, 0.5) is 8.78 Å². The van der Waals surface area contributed by atoms with E-state index in [9.17, 15) is 8.78 Å². The minimum Gasteiger partial charge on any atom is -0.434 e. The Kier molecular flexibility index (Phi) is 5.31. The Morgan fingerprint density at radius 3 is 2.70 bits per heavy atom. The summed E-state index contributed by atoms with van der Waals surface area (Å²) in [5, 5.41) is 3.48. The number of nitrogens with one attached hydrogen (secondary N) is 1. The van der Waals surface area contributed by atoms with Gasteiger partial charge in [-0.3, -0.25) is 0 Å². The van der Waals surface area contributed by atoms with Gasteiger partial charge in [-0.1, -0.05) is 25.1 Å². The van der Waals surface area contributed by atoms with Crippen LogP contribution in [0.2, 0.25) is 0 Å². The zero-order valence-electron chi connectivity index (χ0n) is 11.7. The molecule has 1 aliphatic rings. The molecule has 3 nitrogen and oxygen atoms in total. The summed E-state index contributed by atoms with van der Waals surface area (Å²) in [4.78, 5) is 0. The first-order chi connectivity index (χ1) is 9.60. The van der Waals surface area contributed by atoms with E-state index in [0.717, 1.165) is 12.8 Å². The van der Waals surface area contributed by atoms with Crippen LogP contribution >= 0.6 is 0 Å². The summed E-state index contributed by atoms with van der Waals surface area (Å²) >= 11 is 0. The van der Waals surface area contributed by atoms with Crippen molar-refractivity contribution in [1.29, 1.82) is 0 Å². The van der Waals surface area contributed by atoms with Gasteiger partial charge in [-0.25, -0.2) is 0 Å². The highest BCUT2D eigenvalue weighted by Gasteiger charge is 2.25. The maximum atomic E-state index is 12.5. The van der Waals surface area contributed by atoms with Gasteiger partial charge in [0.15, 0.2) is 0 Å². The second kappa shape index (κ2) is 6.99. The lowest BCUT2D eigenvalue weighted by Gasteiger charge is -2.24. The van der Waals surface area contributed by atoms with Gasteiger partial charge in [-0.05, 0) is 31.2 Å². The number of alkyl halides is 2. The van der Waals surface area contributed by atoms with Crippen molar-refractivity contribution in [3.63, 3.8) is 0 Å². The molecule has 5 heteroatoms. The van der Waals surface area contributed by atoms with Crippen molar-refractivity contribution in [3.05, 3.63) is 29.8 Å². The maximum Gasteiger partial charge on any atom is 0.387 e. The van der Waals surface area contributed by atoms with Crippen LogP contribution in [0.25, 0.3) is 0 Å². The van der Waals surface area contributed by atoms with E-state index in [1.807, 2.05) is 6.07 Å². The molecule has 0 radical (unpaired) electrons. The van der Waals surface area contributed by atoms with Crippen LogP contribution in [-0.2, 0) is 0 Å². The summed E-state index contributed by atoms with van der Waals surface area (Å²) < 4.78 is 29.5. The summed E-state index contributed by atoms with van der Waals surface area (Å²) in [6, 6.07) is 7.10. The van der Waals surface area contributed by atoms with Crippen molar-refractivity contribution in [1.82, 2.24) is 5.32 Å². The Morgan fingerprint density at radius 2 is 2.10 bits per heavy atom. The fraction of sp³-hybridized carbons (Fsp3) is 0.600. The van der Waals surface area contributed by atoms with Gasteiger partial charge in [0, 0.05) is 24.2 Å². The zero-order valence-corrected chi connectivity index (χ0v) is 11.7. The predicted molar refractivity (Wildman–Crippen MR) is 74.8 cm³/mol. The van der Waals surface area contributed by atoms with Crippen molar-refractivity contribution >= 4 is 0 Å². The lowest BCUT2D eigenvalue weighted by atomic mass is 10.0. The monoisotopic (exact) mass is 284 g/mol. The fourth-order valence-electron chi connectivity index (χ4n) is 2.90. The van der Waals surface area contributed by atoms with Gasteiger partial charge in [-0.15, -0.1) is 0 Å². The molecule has 1 aliphatic carbocycles. The molecule has 3 atom stereocenters. The van der Waals surface area contributed by atoms with Crippen LogP contribution in [-0.4, -0.2) is 19.2 Å². The standard InChI is InChI=1S/C15H22F2N2O/c1-10-6-7-11(8-10)19-13(9-18)12-4-2-3-5-14(12)20-15(16)17/h2-5,10-11,13,15,19H,6-9,18H2,1H3. The molecule has 0 amide bonds. The quantitative estimate of drug-likeness (QED) is 0.844. The van der Waals surface area contributed by atoms with Gasteiger partial charge in [0.2, 0.25) is 0 Å². The highest BCUT2D eigenvalue weighted by molar-refractivity contribution is 5.36. The van der Waals surface area contributed by atoms with Crippen molar-refractivity contribution in [2.75, 3.05) is 6.54 Å². The summed E-state index contributed by atoms with van der Waals surface area (Å²) in [7, 11) is 0. The van der Waals surface area contributed by atoms with Gasteiger partial charge in [0.1, 0.15) is 5.75 Å². The van der Waals surface area contributed by atoms with Crippen molar-refractivity contribution in [3.8, 4) is 5.75 Å². The average Bonchev–Trinajstić information content (AvgIpc) is 2.82. The van der Waals surface area contributed by atoms with Crippen LogP contribution < -0.4 is 15.8 Å². The molecule has 0 heterocycles. The molecule has 112 valence electrons. The topological polar surface area (TPSA) is 47.3 Å². The van der Waals surface area contributed by atoms with Gasteiger partial charge in [0.05, 0.1) is 0 Å². The maximum absolute atomic E-state index is 12.5. The lowest BCUT2D eigenvalue weighted by Crippen LogP contribution is -2.35. The minimum absolute atomic E-state index is 0.153. The molecule has 0 aliphatic heterocycles. The Balaban J connectivity index is 2.10. The largest absolute Gasteiger partial charge is 0.434 e. The highest BCUT2D eigenvalue weighted by atomic mass is 19.3. The number of rotatable bonds is 6. The summed E-state index contributed by atoms with van der Waals surface area (Å²) in [6.45, 7) is -0.234. The SMILES string of the molecule is CC1CCC(NC(CN)c2ccccc2OC(F)F)C1. The van der Waals surface area contributed by atoms with Crippen molar-refractivity contribution in [2.45, 2.75) is 44.9 Å². The van der Waals surface area contributed by atoms with E-state index in [1.54, 1.807) is 18.2 Å². The first kappa shape index (κ1) is 15.2. The van der Waals surface area contributed by atoms with E-state index < -0.39 is 6.61 Å². The molecule has 1 aromatic carbocycles. The lowest BCUT2D eigenvalue weighted by molar-refractivity contribution is -0.0507. The number of nitrogens with two attached hydrogens (primary N) is 1. The minimum atomic E-state index is -2.82. The van der Waals surface area contributed by atoms with Gasteiger partial charge < -0.3 is 15.8 Å². The summed E-state index contributed by atoms with van der Waals surface area (Å²) in [5.41, 5.74) is 6.52. The van der Waals surface area contributed by atoms with Gasteiger partial charge >= 0.3 is 6.61 Å². The van der Waals surface area contributed by atoms with Crippen molar-refractivity contribution < 1.29 is 13.5 Å². The number of para-hydroxylation sites is 1. The van der Waals surface area contributed by atoms with Gasteiger partial charge in [-0.2, -0.15) is 8.78 Å². The third kappa shape index (κ3) is 3.90. The van der Waals surface area contributed by atoms with Crippen LogP contribution in [0.5, 0.6) is 5.75 Å². The molecule has 1 fully saturated rings. The van der Waals surface area contributed by atoms with E-state index in [0.29, 0.717) is 24.1 Å². The zero-order chi connectivity index (χ0) is 14.5. The van der Waals surface area contributed by atoms with Crippen LogP contribution in [0.1, 0.15) is 37.8 Å². The van der Waals surface area contributed by atoms with E-state index >= 15 is 0 Å². The van der Waals surface area contributed by atoms with Crippen LogP contribution in [0.15, 0.2) is 24.3 Å². The third-order valence-corrected chi connectivity index (χ3v) is 3.88. The normalized spacial score (nSPS) is 24.1. The van der Waals surface area contributed by atoms with E-state index in [1.165, 1.54) is 6.42 Å². The van der Waals surface area contributed by atoms with E-state index in [-0.39, 0.29) is 11.8 Å². The van der Waals surface area contributed by atoms with Gasteiger partial charge in [0.25, 0.3) is 0 Å². The molecule has 0 aromatic heterocycles. The molecule has 3 unspecified atom stereocenters. The molecular formula is C15H22F2N2O.